The SMILES string of the molecule is CC(C)C(NS(=O)(=O)c1ccccc1)C(=O)CC1Cc2cc(n[nH]2)CCCNC(=O)C1=O. The zero-order valence-electron chi connectivity index (χ0n) is 18.1. The number of hydrogen-bond donors (Lipinski definition) is 3. The van der Waals surface area contributed by atoms with Crippen LogP contribution in [-0.4, -0.2) is 48.7 Å². The molecule has 0 aliphatic carbocycles. The second kappa shape index (κ2) is 10.2. The molecule has 10 heteroatoms. The van der Waals surface area contributed by atoms with E-state index in [4.69, 9.17) is 0 Å². The molecule has 2 aromatic rings. The van der Waals surface area contributed by atoms with Gasteiger partial charge >= 0.3 is 0 Å². The van der Waals surface area contributed by atoms with E-state index in [-0.39, 0.29) is 23.7 Å². The number of Topliss-reactive ketones (excluding diaryl/α,β-unsaturated/α-hetero) is 2. The summed E-state index contributed by atoms with van der Waals surface area (Å²) in [6.07, 6.45) is 1.18. The van der Waals surface area contributed by atoms with Crippen molar-refractivity contribution in [3.05, 3.63) is 47.8 Å². The van der Waals surface area contributed by atoms with E-state index in [2.05, 4.69) is 20.2 Å². The summed E-state index contributed by atoms with van der Waals surface area (Å²) >= 11 is 0. The quantitative estimate of drug-likeness (QED) is 0.530. The predicted octanol–water partition coefficient (Wildman–Crippen LogP) is 1.16. The minimum absolute atomic E-state index is 0.0498. The number of carbonyl (C=O) groups excluding carboxylic acids is 3. The smallest absolute Gasteiger partial charge is 0.287 e. The maximum atomic E-state index is 13.2. The first kappa shape index (κ1) is 23.8. The number of nitrogens with zero attached hydrogens (tertiary/aromatic N) is 1. The molecule has 0 spiro atoms. The summed E-state index contributed by atoms with van der Waals surface area (Å²) in [6, 6.07) is 8.57. The van der Waals surface area contributed by atoms with Gasteiger partial charge in [-0.3, -0.25) is 19.5 Å². The monoisotopic (exact) mass is 460 g/mol. The third-order valence-corrected chi connectivity index (χ3v) is 6.89. The molecule has 9 nitrogen and oxygen atoms in total. The molecular weight excluding hydrogens is 432 g/mol. The van der Waals surface area contributed by atoms with Gasteiger partial charge in [0.25, 0.3) is 5.91 Å². The molecule has 2 atom stereocenters. The van der Waals surface area contributed by atoms with Gasteiger partial charge in [-0.2, -0.15) is 5.10 Å². The van der Waals surface area contributed by atoms with E-state index >= 15 is 0 Å². The highest BCUT2D eigenvalue weighted by atomic mass is 32.2. The zero-order valence-corrected chi connectivity index (χ0v) is 18.9. The second-order valence-corrected chi connectivity index (χ2v) is 10.0. The van der Waals surface area contributed by atoms with Gasteiger partial charge in [-0.25, -0.2) is 13.1 Å². The van der Waals surface area contributed by atoms with Crippen LogP contribution in [0.1, 0.15) is 38.1 Å². The van der Waals surface area contributed by atoms with Crippen LogP contribution in [0.5, 0.6) is 0 Å². The average molecular weight is 461 g/mol. The average Bonchev–Trinajstić information content (AvgIpc) is 3.20. The molecule has 1 aliphatic heterocycles. The van der Waals surface area contributed by atoms with Crippen molar-refractivity contribution in [2.45, 2.75) is 50.5 Å². The van der Waals surface area contributed by atoms with Crippen molar-refractivity contribution in [2.75, 3.05) is 6.54 Å². The third kappa shape index (κ3) is 5.89. The minimum Gasteiger partial charge on any atom is -0.349 e. The number of hydrogen-bond acceptors (Lipinski definition) is 6. The van der Waals surface area contributed by atoms with Crippen LogP contribution in [0.25, 0.3) is 0 Å². The number of sulfonamides is 1. The fraction of sp³-hybridized carbons (Fsp3) is 0.455. The van der Waals surface area contributed by atoms with Crippen molar-refractivity contribution in [1.82, 2.24) is 20.2 Å². The molecule has 0 radical (unpaired) electrons. The van der Waals surface area contributed by atoms with Crippen LogP contribution in [-0.2, 0) is 37.2 Å². The lowest BCUT2D eigenvalue weighted by molar-refractivity contribution is -0.141. The number of fused-ring (bicyclic) bond motifs is 2. The van der Waals surface area contributed by atoms with Crippen LogP contribution in [0.3, 0.4) is 0 Å². The second-order valence-electron chi connectivity index (χ2n) is 8.34. The van der Waals surface area contributed by atoms with Crippen molar-refractivity contribution < 1.29 is 22.8 Å². The van der Waals surface area contributed by atoms with E-state index in [1.807, 2.05) is 6.07 Å². The predicted molar refractivity (Wildman–Crippen MR) is 117 cm³/mol. The van der Waals surface area contributed by atoms with Gasteiger partial charge in [0.05, 0.1) is 16.6 Å². The lowest BCUT2D eigenvalue weighted by atomic mass is 9.87. The molecule has 3 rings (SSSR count). The summed E-state index contributed by atoms with van der Waals surface area (Å²) in [7, 11) is -3.93. The summed E-state index contributed by atoms with van der Waals surface area (Å²) in [5.41, 5.74) is 1.48. The molecule has 32 heavy (non-hydrogen) atoms. The van der Waals surface area contributed by atoms with Gasteiger partial charge < -0.3 is 5.32 Å². The number of amides is 1. The van der Waals surface area contributed by atoms with E-state index in [9.17, 15) is 22.8 Å². The molecule has 0 saturated heterocycles. The number of aromatic amines is 1. The number of carbonyl (C=O) groups is 3. The van der Waals surface area contributed by atoms with Gasteiger partial charge in [-0.05, 0) is 43.4 Å². The van der Waals surface area contributed by atoms with Crippen LogP contribution < -0.4 is 10.0 Å². The largest absolute Gasteiger partial charge is 0.349 e. The first-order valence-electron chi connectivity index (χ1n) is 10.6. The highest BCUT2D eigenvalue weighted by Gasteiger charge is 2.34. The van der Waals surface area contributed by atoms with E-state index in [1.54, 1.807) is 32.0 Å². The lowest BCUT2D eigenvalue weighted by Gasteiger charge is -2.23. The Morgan fingerprint density at radius 2 is 1.94 bits per heavy atom. The van der Waals surface area contributed by atoms with Gasteiger partial charge in [0.2, 0.25) is 15.8 Å². The van der Waals surface area contributed by atoms with E-state index in [0.717, 1.165) is 5.69 Å². The Balaban J connectivity index is 1.81. The molecule has 1 amide bonds. The van der Waals surface area contributed by atoms with Gasteiger partial charge in [0.15, 0.2) is 5.78 Å². The van der Waals surface area contributed by atoms with Crippen LogP contribution in [0, 0.1) is 11.8 Å². The summed E-state index contributed by atoms with van der Waals surface area (Å²) in [6.45, 7) is 3.78. The number of aromatic nitrogens is 2. The van der Waals surface area contributed by atoms with Gasteiger partial charge in [-0.1, -0.05) is 32.0 Å². The number of H-pyrrole nitrogens is 1. The van der Waals surface area contributed by atoms with Crippen LogP contribution in [0.2, 0.25) is 0 Å². The van der Waals surface area contributed by atoms with Crippen molar-refractivity contribution in [2.24, 2.45) is 11.8 Å². The molecule has 0 fully saturated rings. The summed E-state index contributed by atoms with van der Waals surface area (Å²) in [5, 5.41) is 9.67. The number of rotatable bonds is 7. The summed E-state index contributed by atoms with van der Waals surface area (Å²) in [5.74, 6) is -3.14. The molecule has 1 aliphatic rings. The van der Waals surface area contributed by atoms with Gasteiger partial charge in [0.1, 0.15) is 0 Å². The topological polar surface area (TPSA) is 138 Å². The van der Waals surface area contributed by atoms with Gasteiger partial charge in [0, 0.05) is 24.6 Å². The number of ketones is 2. The molecule has 1 aromatic heterocycles. The first-order chi connectivity index (χ1) is 15.2. The Hall–Kier alpha value is -2.85. The van der Waals surface area contributed by atoms with Crippen LogP contribution >= 0.6 is 0 Å². The highest BCUT2D eigenvalue weighted by molar-refractivity contribution is 7.89. The molecule has 2 unspecified atom stereocenters. The van der Waals surface area contributed by atoms with E-state index < -0.39 is 39.5 Å². The zero-order chi connectivity index (χ0) is 23.3. The number of benzene rings is 1. The summed E-state index contributed by atoms with van der Waals surface area (Å²) < 4.78 is 28.0. The standard InChI is InChI=1S/C22H28N4O5S/c1-14(2)20(26-32(30,31)18-8-4-3-5-9-18)19(27)12-15-11-17-13-16(24-25-17)7-6-10-23-22(29)21(15)28/h3-5,8-9,13-15,20,26H,6-7,10-12H2,1-2H3,(H,23,29)(H,24,25). The number of nitrogens with one attached hydrogen (secondary N) is 3. The molecule has 172 valence electrons. The first-order valence-corrected chi connectivity index (χ1v) is 12.1. The molecule has 1 aromatic carbocycles. The third-order valence-electron chi connectivity index (χ3n) is 5.44. The van der Waals surface area contributed by atoms with Crippen LogP contribution in [0.15, 0.2) is 41.3 Å². The molecule has 0 saturated carbocycles. The van der Waals surface area contributed by atoms with E-state index in [0.29, 0.717) is 25.1 Å². The normalized spacial score (nSPS) is 18.7. The van der Waals surface area contributed by atoms with Crippen LogP contribution in [0.4, 0.5) is 0 Å². The fourth-order valence-corrected chi connectivity index (χ4v) is 5.08. The molecular formula is C22H28N4O5S. The molecule has 2 bridgehead atoms. The van der Waals surface area contributed by atoms with Crippen molar-refractivity contribution in [3.63, 3.8) is 0 Å². The molecule has 2 heterocycles. The molecule has 3 N–H and O–H groups in total. The Kier molecular flexibility index (Phi) is 7.57. The maximum Gasteiger partial charge on any atom is 0.287 e. The Morgan fingerprint density at radius 3 is 2.62 bits per heavy atom. The Morgan fingerprint density at radius 1 is 1.22 bits per heavy atom. The Bertz CT molecular complexity index is 1080. The van der Waals surface area contributed by atoms with Crippen molar-refractivity contribution in [3.8, 4) is 0 Å². The number of aryl methyl sites for hydroxylation is 1. The summed E-state index contributed by atoms with van der Waals surface area (Å²) in [4.78, 5) is 38.3. The highest BCUT2D eigenvalue weighted by Crippen LogP contribution is 2.19. The van der Waals surface area contributed by atoms with Crippen molar-refractivity contribution in [1.29, 1.82) is 0 Å². The fourth-order valence-electron chi connectivity index (χ4n) is 3.69. The lowest BCUT2D eigenvalue weighted by Crippen LogP contribution is -2.46. The maximum absolute atomic E-state index is 13.2. The van der Waals surface area contributed by atoms with Gasteiger partial charge in [-0.15, -0.1) is 0 Å². The van der Waals surface area contributed by atoms with Crippen molar-refractivity contribution >= 4 is 27.5 Å². The van der Waals surface area contributed by atoms with E-state index in [1.165, 1.54) is 12.1 Å². The minimum atomic E-state index is -3.93. The Labute approximate surface area is 187 Å².